The Hall–Kier alpha value is -5.10. The van der Waals surface area contributed by atoms with Gasteiger partial charge in [0.1, 0.15) is 28.6 Å². The van der Waals surface area contributed by atoms with Gasteiger partial charge in [-0.05, 0) is 67.9 Å². The predicted molar refractivity (Wildman–Crippen MR) is 141 cm³/mol. The molecule has 2 atom stereocenters. The molecule has 1 saturated heterocycles. The van der Waals surface area contributed by atoms with Crippen LogP contribution in [0.4, 0.5) is 0 Å². The van der Waals surface area contributed by atoms with Crippen LogP contribution in [-0.4, -0.2) is 74.3 Å². The van der Waals surface area contributed by atoms with Crippen molar-refractivity contribution in [3.8, 4) is 23.0 Å². The summed E-state index contributed by atoms with van der Waals surface area (Å²) in [5.41, 5.74) is -1.72. The number of aromatic carboxylic acids is 1. The first kappa shape index (κ1) is 27.9. The van der Waals surface area contributed by atoms with Crippen molar-refractivity contribution in [1.29, 1.82) is 0 Å². The first-order valence-corrected chi connectivity index (χ1v) is 12.3. The number of amides is 2. The maximum Gasteiger partial charge on any atom is 0.336 e. The van der Waals surface area contributed by atoms with Gasteiger partial charge in [-0.15, -0.1) is 0 Å². The molecule has 0 radical (unpaired) electrons. The van der Waals surface area contributed by atoms with E-state index in [2.05, 4.69) is 16.0 Å². The predicted octanol–water partition coefficient (Wildman–Crippen LogP) is 1.72. The van der Waals surface area contributed by atoms with Crippen molar-refractivity contribution in [3.63, 3.8) is 0 Å². The van der Waals surface area contributed by atoms with Gasteiger partial charge >= 0.3 is 5.97 Å². The van der Waals surface area contributed by atoms with E-state index in [1.165, 1.54) is 30.3 Å². The molecule has 3 aromatic carbocycles. The summed E-state index contributed by atoms with van der Waals surface area (Å²) in [5, 5.41) is 59.0. The molecule has 1 aliphatic heterocycles. The molecule has 40 heavy (non-hydrogen) atoms. The fraction of sp³-hybridized carbons (Fsp3) is 0.214. The highest BCUT2D eigenvalue weighted by molar-refractivity contribution is 6.18. The highest BCUT2D eigenvalue weighted by Gasteiger charge is 2.30. The zero-order valence-corrected chi connectivity index (χ0v) is 21.0. The molecule has 0 saturated carbocycles. The van der Waals surface area contributed by atoms with Gasteiger partial charge in [-0.1, -0.05) is 6.07 Å². The fourth-order valence-electron chi connectivity index (χ4n) is 4.55. The molecule has 3 aromatic rings. The van der Waals surface area contributed by atoms with Crippen molar-refractivity contribution in [1.82, 2.24) is 16.0 Å². The number of carboxylic acids is 1. The fourth-order valence-corrected chi connectivity index (χ4v) is 4.55. The normalized spacial score (nSPS) is 16.9. The molecule has 1 fully saturated rings. The second-order valence-corrected chi connectivity index (χ2v) is 9.28. The van der Waals surface area contributed by atoms with Gasteiger partial charge in [0.25, 0.3) is 11.8 Å². The average Bonchev–Trinajstić information content (AvgIpc) is 3.12. The van der Waals surface area contributed by atoms with Gasteiger partial charge < -0.3 is 41.5 Å². The number of nitrogens with one attached hydrogen (secondary N) is 3. The molecule has 2 amide bonds. The number of hydrogen-bond acceptors (Lipinski definition) is 9. The first-order valence-electron chi connectivity index (χ1n) is 12.3. The third-order valence-corrected chi connectivity index (χ3v) is 6.57. The summed E-state index contributed by atoms with van der Waals surface area (Å²) in [5.74, 6) is -6.00. The van der Waals surface area contributed by atoms with Crippen LogP contribution >= 0.6 is 0 Å². The number of rotatable bonds is 7. The minimum atomic E-state index is -1.50. The Bertz CT molecular complexity index is 1450. The Labute approximate surface area is 227 Å². The molecule has 208 valence electrons. The molecule has 1 aliphatic rings. The van der Waals surface area contributed by atoms with Gasteiger partial charge in [-0.25, -0.2) is 4.79 Å². The van der Waals surface area contributed by atoms with Crippen LogP contribution in [0, 0.1) is 0 Å². The Morgan fingerprint density at radius 3 is 2.02 bits per heavy atom. The van der Waals surface area contributed by atoms with Crippen LogP contribution in [0.1, 0.15) is 59.8 Å². The van der Waals surface area contributed by atoms with Crippen LogP contribution in [0.15, 0.2) is 54.6 Å². The number of benzene rings is 3. The summed E-state index contributed by atoms with van der Waals surface area (Å²) in [4.78, 5) is 50.5. The Morgan fingerprint density at radius 2 is 1.38 bits per heavy atom. The molecule has 12 heteroatoms. The topological polar surface area (TPSA) is 206 Å². The molecule has 8 N–H and O–H groups in total. The average molecular weight is 550 g/mol. The van der Waals surface area contributed by atoms with Gasteiger partial charge in [-0.2, -0.15) is 0 Å². The SMILES string of the molecule is O=C(NC1CCCNCC1NC(=O)c1ccc(O)cc1)c1cc(O)c(C(=O)c2c(O)cccc2C(=O)O)c(O)c1. The number of hydrogen-bond donors (Lipinski definition) is 8. The number of carboxylic acid groups (broad SMARTS) is 1. The van der Waals surface area contributed by atoms with E-state index in [1.54, 1.807) is 0 Å². The zero-order valence-electron chi connectivity index (χ0n) is 21.0. The van der Waals surface area contributed by atoms with Crippen molar-refractivity contribution in [2.45, 2.75) is 24.9 Å². The number of aromatic hydroxyl groups is 4. The molecule has 2 unspecified atom stereocenters. The van der Waals surface area contributed by atoms with Crippen molar-refractivity contribution in [3.05, 3.63) is 82.4 Å². The number of carbonyl (C=O) groups is 4. The lowest BCUT2D eigenvalue weighted by atomic mass is 9.95. The minimum Gasteiger partial charge on any atom is -0.508 e. The van der Waals surface area contributed by atoms with E-state index < -0.39 is 69.6 Å². The third kappa shape index (κ3) is 5.97. The number of phenols is 4. The minimum absolute atomic E-state index is 0.0138. The molecule has 0 spiro atoms. The summed E-state index contributed by atoms with van der Waals surface area (Å²) in [6.45, 7) is 1.01. The van der Waals surface area contributed by atoms with Crippen molar-refractivity contribution >= 4 is 23.6 Å². The molecule has 1 heterocycles. The monoisotopic (exact) mass is 549 g/mol. The lowest BCUT2D eigenvalue weighted by Gasteiger charge is -2.27. The van der Waals surface area contributed by atoms with Gasteiger partial charge in [0.2, 0.25) is 5.78 Å². The summed E-state index contributed by atoms with van der Waals surface area (Å²) >= 11 is 0. The molecular weight excluding hydrogens is 522 g/mol. The Kier molecular flexibility index (Phi) is 8.20. The lowest BCUT2D eigenvalue weighted by molar-refractivity contribution is 0.0691. The first-order chi connectivity index (χ1) is 19.1. The maximum absolute atomic E-state index is 13.1. The van der Waals surface area contributed by atoms with Crippen LogP contribution in [0.5, 0.6) is 23.0 Å². The van der Waals surface area contributed by atoms with Gasteiger partial charge in [0, 0.05) is 17.7 Å². The van der Waals surface area contributed by atoms with Crippen LogP contribution in [0.3, 0.4) is 0 Å². The van der Waals surface area contributed by atoms with Crippen LogP contribution < -0.4 is 16.0 Å². The van der Waals surface area contributed by atoms with Crippen molar-refractivity contribution in [2.75, 3.05) is 13.1 Å². The Balaban J connectivity index is 1.55. The van der Waals surface area contributed by atoms with Crippen molar-refractivity contribution < 1.29 is 44.7 Å². The molecule has 0 bridgehead atoms. The largest absolute Gasteiger partial charge is 0.508 e. The number of ketones is 1. The lowest BCUT2D eigenvalue weighted by Crippen LogP contribution is -2.54. The molecule has 0 aromatic heterocycles. The van der Waals surface area contributed by atoms with E-state index in [0.717, 1.165) is 24.3 Å². The summed E-state index contributed by atoms with van der Waals surface area (Å²) in [7, 11) is 0. The highest BCUT2D eigenvalue weighted by Crippen LogP contribution is 2.34. The van der Waals surface area contributed by atoms with E-state index in [9.17, 15) is 44.7 Å². The molecule has 0 aliphatic carbocycles. The molecule has 4 rings (SSSR count). The number of carbonyl (C=O) groups excluding carboxylic acids is 3. The van der Waals surface area contributed by atoms with Crippen LogP contribution in [-0.2, 0) is 0 Å². The quantitative estimate of drug-likeness (QED) is 0.200. The van der Waals surface area contributed by atoms with Crippen molar-refractivity contribution in [2.24, 2.45) is 0 Å². The molecular formula is C28H27N3O9. The van der Waals surface area contributed by atoms with Crippen LogP contribution in [0.25, 0.3) is 0 Å². The Morgan fingerprint density at radius 1 is 0.750 bits per heavy atom. The van der Waals surface area contributed by atoms with Gasteiger partial charge in [0.15, 0.2) is 0 Å². The standard InChI is InChI=1S/C28H27N3O9/c32-16-8-6-14(7-9-16)26(37)31-19-13-29-10-2-4-18(19)30-27(38)15-11-21(34)24(22(35)12-15)25(36)23-17(28(39)40)3-1-5-20(23)33/h1,3,5-9,11-12,18-19,29,32-35H,2,4,10,13H2,(H,30,38)(H,31,37)(H,39,40). The summed E-state index contributed by atoms with van der Waals surface area (Å²) < 4.78 is 0. The van der Waals surface area contributed by atoms with E-state index in [0.29, 0.717) is 31.5 Å². The van der Waals surface area contributed by atoms with E-state index in [4.69, 9.17) is 0 Å². The second kappa shape index (κ2) is 11.7. The summed E-state index contributed by atoms with van der Waals surface area (Å²) in [6, 6.07) is 9.94. The maximum atomic E-state index is 13.1. The molecule has 12 nitrogen and oxygen atoms in total. The van der Waals surface area contributed by atoms with Gasteiger partial charge in [-0.3, -0.25) is 14.4 Å². The zero-order chi connectivity index (χ0) is 29.0. The van der Waals surface area contributed by atoms with E-state index in [-0.39, 0.29) is 11.3 Å². The highest BCUT2D eigenvalue weighted by atomic mass is 16.4. The third-order valence-electron chi connectivity index (χ3n) is 6.57. The number of phenolic OH excluding ortho intramolecular Hbond substituents is 4. The van der Waals surface area contributed by atoms with E-state index >= 15 is 0 Å². The van der Waals surface area contributed by atoms with Gasteiger partial charge in [0.05, 0.1) is 23.2 Å². The summed E-state index contributed by atoms with van der Waals surface area (Å²) in [6.07, 6.45) is 1.19. The smallest absolute Gasteiger partial charge is 0.336 e. The second-order valence-electron chi connectivity index (χ2n) is 9.28. The van der Waals surface area contributed by atoms with Crippen LogP contribution in [0.2, 0.25) is 0 Å². The van der Waals surface area contributed by atoms with E-state index in [1.807, 2.05) is 0 Å².